The van der Waals surface area contributed by atoms with E-state index in [1.165, 1.54) is 0 Å². The van der Waals surface area contributed by atoms with E-state index in [1.807, 2.05) is 44.2 Å². The Balaban J connectivity index is 1.82. The van der Waals surface area contributed by atoms with Gasteiger partial charge in [-0.15, -0.1) is 0 Å². The molecular weight excluding hydrogens is 304 g/mol. The molecule has 2 unspecified atom stereocenters. The van der Waals surface area contributed by atoms with Crippen LogP contribution in [0.25, 0.3) is 0 Å². The summed E-state index contributed by atoms with van der Waals surface area (Å²) in [7, 11) is 0. The van der Waals surface area contributed by atoms with Gasteiger partial charge in [0.25, 0.3) is 0 Å². The summed E-state index contributed by atoms with van der Waals surface area (Å²) in [5, 5.41) is 11.7. The Bertz CT molecular complexity index is 681. The van der Waals surface area contributed by atoms with Crippen molar-refractivity contribution in [3.05, 3.63) is 53.3 Å². The van der Waals surface area contributed by atoms with Crippen molar-refractivity contribution in [3.63, 3.8) is 0 Å². The van der Waals surface area contributed by atoms with Crippen molar-refractivity contribution in [1.82, 2.24) is 5.32 Å². The number of unbranched alkanes of at least 4 members (excludes halogenated alkanes) is 2. The molecule has 0 spiro atoms. The van der Waals surface area contributed by atoms with Crippen LogP contribution in [0, 0.1) is 6.92 Å². The second kappa shape index (κ2) is 7.20. The van der Waals surface area contributed by atoms with Gasteiger partial charge in [-0.25, -0.2) is 4.79 Å². The Morgan fingerprint density at radius 1 is 1.42 bits per heavy atom. The maximum atomic E-state index is 12.6. The van der Waals surface area contributed by atoms with Crippen LogP contribution in [0.4, 0.5) is 10.5 Å². The number of urea groups is 1. The first-order valence-electron chi connectivity index (χ1n) is 8.42. The van der Waals surface area contributed by atoms with Gasteiger partial charge in [0.2, 0.25) is 0 Å². The van der Waals surface area contributed by atoms with Crippen molar-refractivity contribution in [2.75, 3.05) is 11.5 Å². The molecule has 5 heteroatoms. The van der Waals surface area contributed by atoms with Crippen LogP contribution in [-0.2, 0) is 4.74 Å². The van der Waals surface area contributed by atoms with Gasteiger partial charge >= 0.3 is 6.03 Å². The van der Waals surface area contributed by atoms with Crippen molar-refractivity contribution in [3.8, 4) is 0 Å². The minimum absolute atomic E-state index is 0.0450. The topological polar surface area (TPSA) is 65.1 Å². The fourth-order valence-corrected chi connectivity index (χ4v) is 2.94. The minimum atomic E-state index is -0.217. The van der Waals surface area contributed by atoms with E-state index in [0.717, 1.165) is 41.8 Å². The Morgan fingerprint density at radius 2 is 2.25 bits per heavy atom. The highest BCUT2D eigenvalue weighted by Gasteiger charge is 2.47. The average molecular weight is 328 g/mol. The molecule has 2 amide bonds. The van der Waals surface area contributed by atoms with E-state index in [4.69, 9.17) is 9.84 Å². The minimum Gasteiger partial charge on any atom is -0.396 e. The second-order valence-electron chi connectivity index (χ2n) is 6.28. The molecule has 2 atom stereocenters. The number of rotatable bonds is 6. The quantitative estimate of drug-likeness (QED) is 0.477. The standard InChI is InChI=1S/C19H24N2O3/c1-13-9-10-15-16(12-13)21(19(23)20-18-17(15)24-18)14(2)8-6-4-3-5-7-11-22/h4,6,8-10,12,17-18,22H,3,5,7,11H2,1-2H3,(H,20,23)/b6-4-,14-8+. The molecule has 2 aliphatic rings. The highest BCUT2D eigenvalue weighted by atomic mass is 16.6. The van der Waals surface area contributed by atoms with E-state index in [-0.39, 0.29) is 25.0 Å². The summed E-state index contributed by atoms with van der Waals surface area (Å²) in [6.07, 6.45) is 8.42. The molecule has 0 saturated carbocycles. The van der Waals surface area contributed by atoms with Gasteiger partial charge in [-0.1, -0.05) is 24.3 Å². The van der Waals surface area contributed by atoms with Crippen molar-refractivity contribution >= 4 is 11.7 Å². The summed E-state index contributed by atoms with van der Waals surface area (Å²) in [5.41, 5.74) is 3.90. The lowest BCUT2D eigenvalue weighted by Crippen LogP contribution is -2.39. The smallest absolute Gasteiger partial charge is 0.328 e. The molecule has 3 rings (SSSR count). The number of aliphatic hydroxyl groups excluding tert-OH is 1. The van der Waals surface area contributed by atoms with Crippen molar-refractivity contribution in [1.29, 1.82) is 0 Å². The van der Waals surface area contributed by atoms with Crippen LogP contribution in [-0.4, -0.2) is 24.0 Å². The third kappa shape index (κ3) is 3.52. The fourth-order valence-electron chi connectivity index (χ4n) is 2.94. The summed E-state index contributed by atoms with van der Waals surface area (Å²) in [4.78, 5) is 14.3. The fraction of sp³-hybridized carbons (Fsp3) is 0.421. The predicted molar refractivity (Wildman–Crippen MR) is 93.6 cm³/mol. The number of ether oxygens (including phenoxy) is 1. The first-order chi connectivity index (χ1) is 11.6. The summed E-state index contributed by atoms with van der Waals surface area (Å²) in [6.45, 7) is 4.19. The van der Waals surface area contributed by atoms with Gasteiger partial charge in [0.1, 0.15) is 6.10 Å². The van der Waals surface area contributed by atoms with E-state index >= 15 is 0 Å². The van der Waals surface area contributed by atoms with Crippen molar-refractivity contribution in [2.24, 2.45) is 0 Å². The molecule has 1 fully saturated rings. The Kier molecular flexibility index (Phi) is 5.02. The molecular formula is C19H24N2O3. The van der Waals surface area contributed by atoms with Crippen LogP contribution in [0.1, 0.15) is 43.4 Å². The molecule has 128 valence electrons. The second-order valence-corrected chi connectivity index (χ2v) is 6.28. The number of anilines is 1. The number of fused-ring (bicyclic) bond motifs is 3. The SMILES string of the molecule is C/C(=C\C=C/CCCCO)N1C(=O)NC2OC2c2ccc(C)cc21. The molecule has 5 nitrogen and oxygen atoms in total. The number of hydrogen-bond acceptors (Lipinski definition) is 3. The van der Waals surface area contributed by atoms with E-state index in [0.29, 0.717) is 0 Å². The van der Waals surface area contributed by atoms with Gasteiger partial charge < -0.3 is 15.2 Å². The number of allylic oxidation sites excluding steroid dienone is 4. The average Bonchev–Trinajstić information content (AvgIpc) is 3.30. The third-order valence-corrected chi connectivity index (χ3v) is 4.30. The molecule has 24 heavy (non-hydrogen) atoms. The number of benzene rings is 1. The molecule has 0 radical (unpaired) electrons. The van der Waals surface area contributed by atoms with Gasteiger partial charge in [0.05, 0.1) is 5.69 Å². The van der Waals surface area contributed by atoms with Crippen LogP contribution in [0.5, 0.6) is 0 Å². The zero-order valence-corrected chi connectivity index (χ0v) is 14.2. The Morgan fingerprint density at radius 3 is 3.04 bits per heavy atom. The highest BCUT2D eigenvalue weighted by molar-refractivity contribution is 5.97. The van der Waals surface area contributed by atoms with E-state index in [1.54, 1.807) is 4.90 Å². The normalized spacial score (nSPS) is 22.9. The maximum absolute atomic E-state index is 12.6. The number of carbonyl (C=O) groups excluding carboxylic acids is 1. The van der Waals surface area contributed by atoms with Crippen LogP contribution >= 0.6 is 0 Å². The number of carbonyl (C=O) groups is 1. The number of hydrogen-bond donors (Lipinski definition) is 2. The zero-order valence-electron chi connectivity index (χ0n) is 14.2. The number of aliphatic hydroxyl groups is 1. The van der Waals surface area contributed by atoms with Gasteiger partial charge in [-0.3, -0.25) is 4.90 Å². The van der Waals surface area contributed by atoms with E-state index in [9.17, 15) is 4.79 Å². The first kappa shape index (κ1) is 16.7. The molecule has 2 aliphatic heterocycles. The van der Waals surface area contributed by atoms with Crippen molar-refractivity contribution < 1.29 is 14.6 Å². The maximum Gasteiger partial charge on any atom is 0.328 e. The lowest BCUT2D eigenvalue weighted by molar-refractivity contribution is 0.240. The molecule has 0 aromatic heterocycles. The number of nitrogens with one attached hydrogen (secondary N) is 1. The lowest BCUT2D eigenvalue weighted by atomic mass is 10.1. The van der Waals surface area contributed by atoms with Crippen LogP contribution in [0.2, 0.25) is 0 Å². The van der Waals surface area contributed by atoms with Gasteiger partial charge in [0.15, 0.2) is 6.23 Å². The molecule has 0 bridgehead atoms. The molecule has 2 heterocycles. The zero-order chi connectivity index (χ0) is 17.1. The molecule has 1 aromatic rings. The van der Waals surface area contributed by atoms with Crippen molar-refractivity contribution in [2.45, 2.75) is 45.4 Å². The summed E-state index contributed by atoms with van der Waals surface area (Å²) in [5.74, 6) is 0. The summed E-state index contributed by atoms with van der Waals surface area (Å²) in [6, 6.07) is 5.96. The Hall–Kier alpha value is -2.11. The molecule has 1 saturated heterocycles. The number of nitrogens with zero attached hydrogens (tertiary/aromatic N) is 1. The monoisotopic (exact) mass is 328 g/mol. The predicted octanol–water partition coefficient (Wildman–Crippen LogP) is 3.54. The highest BCUT2D eigenvalue weighted by Crippen LogP contribution is 2.45. The Labute approximate surface area is 142 Å². The number of amides is 2. The molecule has 0 aliphatic carbocycles. The van der Waals surface area contributed by atoms with Gasteiger partial charge in [-0.05, 0) is 50.8 Å². The van der Waals surface area contributed by atoms with E-state index < -0.39 is 0 Å². The summed E-state index contributed by atoms with van der Waals surface area (Å²) >= 11 is 0. The summed E-state index contributed by atoms with van der Waals surface area (Å²) < 4.78 is 5.55. The third-order valence-electron chi connectivity index (χ3n) is 4.30. The number of epoxide rings is 1. The van der Waals surface area contributed by atoms with E-state index in [2.05, 4.69) is 11.4 Å². The first-order valence-corrected chi connectivity index (χ1v) is 8.42. The van der Waals surface area contributed by atoms with Crippen LogP contribution in [0.3, 0.4) is 0 Å². The largest absolute Gasteiger partial charge is 0.396 e. The van der Waals surface area contributed by atoms with Crippen LogP contribution in [0.15, 0.2) is 42.1 Å². The van der Waals surface area contributed by atoms with Gasteiger partial charge in [0, 0.05) is 17.9 Å². The molecule has 2 N–H and O–H groups in total. The molecule has 1 aromatic carbocycles. The number of aryl methyl sites for hydroxylation is 1. The lowest BCUT2D eigenvalue weighted by Gasteiger charge is -2.24. The van der Waals surface area contributed by atoms with Gasteiger partial charge in [-0.2, -0.15) is 0 Å². The van der Waals surface area contributed by atoms with Crippen LogP contribution < -0.4 is 10.2 Å².